The Morgan fingerprint density at radius 2 is 1.95 bits per heavy atom. The van der Waals surface area contributed by atoms with Gasteiger partial charge in [0, 0.05) is 10.4 Å². The molecular weight excluding hydrogens is 302 g/mol. The maximum Gasteiger partial charge on any atom is 0.381 e. The van der Waals surface area contributed by atoms with E-state index < -0.39 is 5.63 Å². The number of fused-ring (bicyclic) bond motifs is 3. The van der Waals surface area contributed by atoms with E-state index in [1.165, 1.54) is 0 Å². The van der Waals surface area contributed by atoms with Crippen molar-refractivity contribution < 1.29 is 9.15 Å². The van der Waals surface area contributed by atoms with Crippen LogP contribution < -0.4 is 15.7 Å². The van der Waals surface area contributed by atoms with Gasteiger partial charge in [-0.05, 0) is 23.8 Å². The van der Waals surface area contributed by atoms with Crippen molar-refractivity contribution in [1.29, 1.82) is 0 Å². The molecular formula is C17H12ClNO3. The van der Waals surface area contributed by atoms with E-state index in [2.05, 4.69) is 5.32 Å². The van der Waals surface area contributed by atoms with Gasteiger partial charge >= 0.3 is 5.63 Å². The minimum Gasteiger partial charge on any atom is -0.475 e. The highest BCUT2D eigenvalue weighted by molar-refractivity contribution is 6.31. The van der Waals surface area contributed by atoms with E-state index in [-0.39, 0.29) is 11.9 Å². The number of rotatable bonds is 1. The molecule has 1 aliphatic rings. The summed E-state index contributed by atoms with van der Waals surface area (Å²) in [4.78, 5) is 12.2. The molecule has 0 radical (unpaired) electrons. The van der Waals surface area contributed by atoms with E-state index in [9.17, 15) is 4.79 Å². The van der Waals surface area contributed by atoms with E-state index >= 15 is 0 Å². The van der Waals surface area contributed by atoms with Crippen molar-refractivity contribution in [3.63, 3.8) is 0 Å². The molecule has 1 aliphatic heterocycles. The van der Waals surface area contributed by atoms with Crippen LogP contribution in [0, 0.1) is 0 Å². The summed E-state index contributed by atoms with van der Waals surface area (Å²) in [6.07, 6.45) is -0.228. The Morgan fingerprint density at radius 3 is 2.77 bits per heavy atom. The minimum absolute atomic E-state index is 0.204. The second kappa shape index (κ2) is 5.07. The summed E-state index contributed by atoms with van der Waals surface area (Å²) in [6, 6.07) is 14.9. The number of benzene rings is 2. The SMILES string of the molecule is O=c1oc2ccc(Cl)cc2c2c1OC(c1ccccc1)CN2. The van der Waals surface area contributed by atoms with Crippen LogP contribution in [0.3, 0.4) is 0 Å². The third kappa shape index (κ3) is 2.12. The van der Waals surface area contributed by atoms with Crippen molar-refractivity contribution in [2.24, 2.45) is 0 Å². The van der Waals surface area contributed by atoms with Crippen molar-refractivity contribution in [1.82, 2.24) is 0 Å². The smallest absolute Gasteiger partial charge is 0.381 e. The highest BCUT2D eigenvalue weighted by Gasteiger charge is 2.26. The van der Waals surface area contributed by atoms with E-state index in [0.717, 1.165) is 10.9 Å². The Hall–Kier alpha value is -2.46. The van der Waals surface area contributed by atoms with Crippen molar-refractivity contribution in [2.45, 2.75) is 6.10 Å². The summed E-state index contributed by atoms with van der Waals surface area (Å²) in [5.74, 6) is 0.204. The molecule has 0 amide bonds. The number of hydrogen-bond donors (Lipinski definition) is 1. The third-order valence-electron chi connectivity index (χ3n) is 3.72. The first-order valence-electron chi connectivity index (χ1n) is 6.94. The van der Waals surface area contributed by atoms with Crippen LogP contribution in [0.5, 0.6) is 5.75 Å². The summed E-state index contributed by atoms with van der Waals surface area (Å²) in [5, 5.41) is 4.60. The lowest BCUT2D eigenvalue weighted by Crippen LogP contribution is -2.27. The Morgan fingerprint density at radius 1 is 1.14 bits per heavy atom. The topological polar surface area (TPSA) is 51.5 Å². The summed E-state index contributed by atoms with van der Waals surface area (Å²) in [7, 11) is 0. The molecule has 1 N–H and O–H groups in total. The van der Waals surface area contributed by atoms with Gasteiger partial charge in [0.05, 0.1) is 12.2 Å². The maximum atomic E-state index is 12.2. The molecule has 1 aromatic heterocycles. The van der Waals surface area contributed by atoms with Gasteiger partial charge in [0.15, 0.2) is 0 Å². The molecule has 0 bridgehead atoms. The molecule has 22 heavy (non-hydrogen) atoms. The Balaban J connectivity index is 1.84. The van der Waals surface area contributed by atoms with Gasteiger partial charge in [-0.2, -0.15) is 0 Å². The number of nitrogens with one attached hydrogen (secondary N) is 1. The second-order valence-electron chi connectivity index (χ2n) is 5.13. The molecule has 4 rings (SSSR count). The van der Waals surface area contributed by atoms with E-state index in [1.807, 2.05) is 30.3 Å². The van der Waals surface area contributed by atoms with E-state index in [1.54, 1.807) is 18.2 Å². The van der Waals surface area contributed by atoms with Crippen LogP contribution in [0.4, 0.5) is 5.69 Å². The first-order valence-corrected chi connectivity index (χ1v) is 7.32. The molecule has 0 fully saturated rings. The predicted molar refractivity (Wildman–Crippen MR) is 85.8 cm³/mol. The van der Waals surface area contributed by atoms with Crippen LogP contribution in [0.1, 0.15) is 11.7 Å². The van der Waals surface area contributed by atoms with Crippen molar-refractivity contribution in [2.75, 3.05) is 11.9 Å². The lowest BCUT2D eigenvalue weighted by Gasteiger charge is -2.27. The lowest BCUT2D eigenvalue weighted by molar-refractivity contribution is 0.201. The molecule has 3 aromatic rings. The zero-order valence-electron chi connectivity index (χ0n) is 11.5. The van der Waals surface area contributed by atoms with Crippen LogP contribution in [0.25, 0.3) is 11.0 Å². The molecule has 0 saturated carbocycles. The largest absolute Gasteiger partial charge is 0.475 e. The zero-order valence-corrected chi connectivity index (χ0v) is 12.3. The number of anilines is 1. The molecule has 0 saturated heterocycles. The molecule has 1 unspecified atom stereocenters. The summed E-state index contributed by atoms with van der Waals surface area (Å²) in [5.41, 5.74) is 1.65. The van der Waals surface area contributed by atoms with Gasteiger partial charge in [0.2, 0.25) is 5.75 Å². The first kappa shape index (κ1) is 13.2. The minimum atomic E-state index is -0.488. The third-order valence-corrected chi connectivity index (χ3v) is 3.96. The fourth-order valence-electron chi connectivity index (χ4n) is 2.67. The number of hydrogen-bond acceptors (Lipinski definition) is 4. The van der Waals surface area contributed by atoms with Crippen LogP contribution in [-0.2, 0) is 0 Å². The highest BCUT2D eigenvalue weighted by Crippen LogP contribution is 2.37. The molecule has 1 atom stereocenters. The van der Waals surface area contributed by atoms with Gasteiger partial charge in [0.25, 0.3) is 0 Å². The van der Waals surface area contributed by atoms with Gasteiger partial charge in [-0.1, -0.05) is 41.9 Å². The summed E-state index contributed by atoms with van der Waals surface area (Å²) >= 11 is 6.04. The highest BCUT2D eigenvalue weighted by atomic mass is 35.5. The second-order valence-corrected chi connectivity index (χ2v) is 5.57. The summed E-state index contributed by atoms with van der Waals surface area (Å²) < 4.78 is 11.2. The molecule has 110 valence electrons. The first-order chi connectivity index (χ1) is 10.7. The lowest BCUT2D eigenvalue weighted by atomic mass is 10.1. The molecule has 0 spiro atoms. The van der Waals surface area contributed by atoms with Crippen molar-refractivity contribution >= 4 is 28.3 Å². The fraction of sp³-hybridized carbons (Fsp3) is 0.118. The van der Waals surface area contributed by atoms with Gasteiger partial charge in [-0.3, -0.25) is 0 Å². The fourth-order valence-corrected chi connectivity index (χ4v) is 2.84. The molecule has 0 aliphatic carbocycles. The Bertz CT molecular complexity index is 905. The van der Waals surface area contributed by atoms with E-state index in [0.29, 0.717) is 22.8 Å². The Kier molecular flexibility index (Phi) is 3.05. The van der Waals surface area contributed by atoms with Gasteiger partial charge < -0.3 is 14.5 Å². The average Bonchev–Trinajstić information content (AvgIpc) is 2.56. The van der Waals surface area contributed by atoms with Gasteiger partial charge in [0.1, 0.15) is 11.7 Å². The van der Waals surface area contributed by atoms with Crippen LogP contribution in [0.2, 0.25) is 5.02 Å². The normalized spacial score (nSPS) is 16.7. The van der Waals surface area contributed by atoms with Crippen LogP contribution in [0.15, 0.2) is 57.7 Å². The van der Waals surface area contributed by atoms with Crippen molar-refractivity contribution in [3.8, 4) is 5.75 Å². The number of ether oxygens (including phenoxy) is 1. The van der Waals surface area contributed by atoms with Crippen LogP contribution in [-0.4, -0.2) is 6.54 Å². The quantitative estimate of drug-likeness (QED) is 0.690. The molecule has 4 nitrogen and oxygen atoms in total. The Labute approximate surface area is 131 Å². The van der Waals surface area contributed by atoms with Crippen LogP contribution >= 0.6 is 11.6 Å². The molecule has 2 heterocycles. The average molecular weight is 314 g/mol. The monoisotopic (exact) mass is 313 g/mol. The molecule has 2 aromatic carbocycles. The van der Waals surface area contributed by atoms with E-state index in [4.69, 9.17) is 20.8 Å². The van der Waals surface area contributed by atoms with Gasteiger partial charge in [-0.15, -0.1) is 0 Å². The molecule has 5 heteroatoms. The zero-order chi connectivity index (χ0) is 15.1. The maximum absolute atomic E-state index is 12.2. The predicted octanol–water partition coefficient (Wildman–Crippen LogP) is 3.99. The van der Waals surface area contributed by atoms with Gasteiger partial charge in [-0.25, -0.2) is 4.79 Å². The summed E-state index contributed by atoms with van der Waals surface area (Å²) in [6.45, 7) is 0.572. The number of halogens is 1. The standard InChI is InChI=1S/C17H12ClNO3/c18-11-6-7-13-12(8-11)15-16(17(20)22-13)21-14(9-19-15)10-4-2-1-3-5-10/h1-8,14,19H,9H2. The van der Waals surface area contributed by atoms with Crippen molar-refractivity contribution in [3.05, 3.63) is 69.5 Å².